The van der Waals surface area contributed by atoms with Crippen molar-refractivity contribution in [2.45, 2.75) is 76.5 Å². The zero-order valence-corrected chi connectivity index (χ0v) is 30.8. The fraction of sp³-hybridized carbons (Fsp3) is 0.409. The maximum Gasteiger partial charge on any atom is 0.320 e. The van der Waals surface area contributed by atoms with E-state index in [2.05, 4.69) is 72.2 Å². The molecule has 0 radical (unpaired) electrons. The summed E-state index contributed by atoms with van der Waals surface area (Å²) in [6.45, 7) is 6.97. The van der Waals surface area contributed by atoms with Gasteiger partial charge in [-0.05, 0) is 61.8 Å². The van der Waals surface area contributed by atoms with Crippen molar-refractivity contribution in [2.75, 3.05) is 39.9 Å². The Bertz CT molecular complexity index is 1600. The number of methoxy groups -OCH3 is 1. The van der Waals surface area contributed by atoms with Crippen LogP contribution in [-0.4, -0.2) is 80.1 Å². The van der Waals surface area contributed by atoms with Gasteiger partial charge in [0.05, 0.1) is 26.3 Å². The van der Waals surface area contributed by atoms with Gasteiger partial charge in [0.1, 0.15) is 6.10 Å². The van der Waals surface area contributed by atoms with E-state index in [4.69, 9.17) is 18.9 Å². The van der Waals surface area contributed by atoms with Crippen LogP contribution in [0.15, 0.2) is 121 Å². The van der Waals surface area contributed by atoms with Crippen LogP contribution in [-0.2, 0) is 41.4 Å². The highest BCUT2D eigenvalue weighted by Crippen LogP contribution is 2.25. The zero-order valence-electron chi connectivity index (χ0n) is 30.8. The van der Waals surface area contributed by atoms with Crippen LogP contribution in [0.5, 0.6) is 0 Å². The van der Waals surface area contributed by atoms with E-state index >= 15 is 0 Å². The standard InChI is InChI=1S/C25H33NO4.C19H21NO2/c1-20(22-13-7-4-8-14-22)26(19-24(27)28-2)18-23(17-21-11-5-3-6-12-21)30-25-15-9-10-16-29-25;1-15(17-10-6-3-7-11-17)20-13-18(22-19(21)14-20)12-16-8-4-2-5-9-16/h3-8,11-14,20,23,25H,9-10,15-19H2,1-2H3;2-11,15,18H,12-14H2,1H3/t20-,23+,25?;15-,18+/m11/s1. The fourth-order valence-electron chi connectivity index (χ4n) is 6.83. The SMILES string of the molecule is COC(=O)CN(C[C@H](Cc1ccccc1)OC1CCCCO1)[C@H](C)c1ccccc1.C[C@H](c1ccccc1)N1CC(=O)O[C@@H](Cc2ccccc2)C1. The molecule has 0 N–H and O–H groups in total. The minimum Gasteiger partial charge on any atom is -0.468 e. The summed E-state index contributed by atoms with van der Waals surface area (Å²) in [5.74, 6) is -0.375. The topological polar surface area (TPSA) is 77.5 Å². The Labute approximate surface area is 309 Å². The summed E-state index contributed by atoms with van der Waals surface area (Å²) in [5, 5.41) is 0. The van der Waals surface area contributed by atoms with Crippen LogP contribution in [0, 0.1) is 0 Å². The first-order valence-corrected chi connectivity index (χ1v) is 18.6. The van der Waals surface area contributed by atoms with Crippen LogP contribution < -0.4 is 0 Å². The van der Waals surface area contributed by atoms with E-state index in [1.54, 1.807) is 0 Å². The summed E-state index contributed by atoms with van der Waals surface area (Å²) in [7, 11) is 1.43. The lowest BCUT2D eigenvalue weighted by molar-refractivity contribution is -0.192. The van der Waals surface area contributed by atoms with Gasteiger partial charge < -0.3 is 18.9 Å². The van der Waals surface area contributed by atoms with Crippen LogP contribution in [0.4, 0.5) is 0 Å². The predicted octanol–water partition coefficient (Wildman–Crippen LogP) is 7.59. The number of carbonyl (C=O) groups is 2. The highest BCUT2D eigenvalue weighted by atomic mass is 16.7. The van der Waals surface area contributed by atoms with Gasteiger partial charge in [0.2, 0.25) is 0 Å². The molecule has 4 aromatic carbocycles. The lowest BCUT2D eigenvalue weighted by Crippen LogP contribution is -2.47. The molecule has 5 atom stereocenters. The number of esters is 2. The molecule has 0 aromatic heterocycles. The number of benzene rings is 4. The van der Waals surface area contributed by atoms with Gasteiger partial charge >= 0.3 is 11.9 Å². The molecule has 0 saturated carbocycles. The van der Waals surface area contributed by atoms with E-state index in [9.17, 15) is 9.59 Å². The molecule has 6 rings (SSSR count). The summed E-state index contributed by atoms with van der Waals surface area (Å²) in [5.41, 5.74) is 4.81. The van der Waals surface area contributed by atoms with Crippen LogP contribution in [0.1, 0.15) is 67.4 Å². The number of cyclic esters (lactones) is 1. The summed E-state index contributed by atoms with van der Waals surface area (Å²) >= 11 is 0. The van der Waals surface area contributed by atoms with Crippen LogP contribution in [0.25, 0.3) is 0 Å². The molecule has 0 bridgehead atoms. The molecule has 276 valence electrons. The maximum atomic E-state index is 12.2. The second kappa shape index (κ2) is 20.6. The first kappa shape index (κ1) is 38.9. The first-order chi connectivity index (χ1) is 25.4. The average molecular weight is 707 g/mol. The largest absolute Gasteiger partial charge is 0.468 e. The van der Waals surface area contributed by atoms with Crippen molar-refractivity contribution in [3.8, 4) is 0 Å². The molecule has 8 nitrogen and oxygen atoms in total. The van der Waals surface area contributed by atoms with Crippen molar-refractivity contribution in [3.63, 3.8) is 0 Å². The van der Waals surface area contributed by atoms with E-state index in [-0.39, 0.29) is 49.1 Å². The van der Waals surface area contributed by atoms with Crippen LogP contribution >= 0.6 is 0 Å². The molecular weight excluding hydrogens is 652 g/mol. The van der Waals surface area contributed by atoms with Crippen LogP contribution in [0.2, 0.25) is 0 Å². The fourth-order valence-corrected chi connectivity index (χ4v) is 6.83. The van der Waals surface area contributed by atoms with Gasteiger partial charge in [-0.25, -0.2) is 0 Å². The van der Waals surface area contributed by atoms with Gasteiger partial charge in [0.25, 0.3) is 0 Å². The number of rotatable bonds is 14. The molecule has 0 spiro atoms. The lowest BCUT2D eigenvalue weighted by atomic mass is 10.0. The minimum atomic E-state index is -0.245. The first-order valence-electron chi connectivity index (χ1n) is 18.6. The van der Waals surface area contributed by atoms with E-state index in [0.29, 0.717) is 13.1 Å². The highest BCUT2D eigenvalue weighted by molar-refractivity contribution is 5.73. The summed E-state index contributed by atoms with van der Waals surface area (Å²) in [6, 6.07) is 41.3. The number of carbonyl (C=O) groups excluding carboxylic acids is 2. The maximum absolute atomic E-state index is 12.2. The van der Waals surface area contributed by atoms with Gasteiger partial charge in [-0.1, -0.05) is 121 Å². The summed E-state index contributed by atoms with van der Waals surface area (Å²) < 4.78 is 22.8. The van der Waals surface area contributed by atoms with Gasteiger partial charge in [-0.2, -0.15) is 0 Å². The van der Waals surface area contributed by atoms with E-state index in [0.717, 1.165) is 50.8 Å². The van der Waals surface area contributed by atoms with Crippen molar-refractivity contribution >= 4 is 11.9 Å². The average Bonchev–Trinajstić information content (AvgIpc) is 3.19. The Morgan fingerprint density at radius 1 is 0.827 bits per heavy atom. The molecule has 8 heteroatoms. The summed E-state index contributed by atoms with van der Waals surface area (Å²) in [4.78, 5) is 28.4. The van der Waals surface area contributed by atoms with Gasteiger partial charge in [-0.3, -0.25) is 19.4 Å². The Morgan fingerprint density at radius 3 is 2.02 bits per heavy atom. The smallest absolute Gasteiger partial charge is 0.320 e. The molecule has 2 saturated heterocycles. The van der Waals surface area contributed by atoms with Crippen molar-refractivity contribution in [2.24, 2.45) is 0 Å². The third kappa shape index (κ3) is 12.4. The number of nitrogens with zero attached hydrogens (tertiary/aromatic N) is 2. The monoisotopic (exact) mass is 706 g/mol. The Balaban J connectivity index is 0.000000210. The summed E-state index contributed by atoms with van der Waals surface area (Å²) in [6.07, 6.45) is 4.30. The Hall–Kier alpha value is -4.34. The van der Waals surface area contributed by atoms with Crippen molar-refractivity contribution < 1.29 is 28.5 Å². The van der Waals surface area contributed by atoms with Crippen molar-refractivity contribution in [1.82, 2.24) is 9.80 Å². The van der Waals surface area contributed by atoms with Gasteiger partial charge in [0, 0.05) is 38.2 Å². The molecule has 2 aliphatic rings. The second-order valence-corrected chi connectivity index (χ2v) is 13.7. The molecule has 0 aliphatic carbocycles. The number of hydrogen-bond donors (Lipinski definition) is 0. The van der Waals surface area contributed by atoms with E-state index in [1.165, 1.54) is 23.8 Å². The third-order valence-electron chi connectivity index (χ3n) is 9.82. The zero-order chi connectivity index (χ0) is 36.5. The molecule has 52 heavy (non-hydrogen) atoms. The highest BCUT2D eigenvalue weighted by Gasteiger charge is 2.30. The van der Waals surface area contributed by atoms with E-state index in [1.807, 2.05) is 72.8 Å². The number of ether oxygens (including phenoxy) is 4. The number of hydrogen-bond acceptors (Lipinski definition) is 8. The quantitative estimate of drug-likeness (QED) is 0.124. The van der Waals surface area contributed by atoms with E-state index < -0.39 is 0 Å². The molecule has 2 fully saturated rings. The van der Waals surface area contributed by atoms with Gasteiger partial charge in [0.15, 0.2) is 6.29 Å². The Morgan fingerprint density at radius 2 is 1.42 bits per heavy atom. The molecular formula is C44H54N2O6. The molecule has 4 aromatic rings. The normalized spacial score (nSPS) is 19.4. The molecule has 2 aliphatic heterocycles. The van der Waals surface area contributed by atoms with Crippen molar-refractivity contribution in [3.05, 3.63) is 144 Å². The second-order valence-electron chi connectivity index (χ2n) is 13.7. The molecule has 1 unspecified atom stereocenters. The lowest BCUT2D eigenvalue weighted by Gasteiger charge is -2.36. The van der Waals surface area contributed by atoms with Crippen molar-refractivity contribution in [1.29, 1.82) is 0 Å². The third-order valence-corrected chi connectivity index (χ3v) is 9.82. The van der Waals surface area contributed by atoms with Gasteiger partial charge in [-0.15, -0.1) is 0 Å². The predicted molar refractivity (Wildman–Crippen MR) is 204 cm³/mol. The molecule has 2 heterocycles. The minimum absolute atomic E-state index is 0.0550. The van der Waals surface area contributed by atoms with Crippen LogP contribution in [0.3, 0.4) is 0 Å². The number of morpholine rings is 1. The Kier molecular flexibility index (Phi) is 15.4. The molecule has 0 amide bonds.